The number of anilines is 2. The summed E-state index contributed by atoms with van der Waals surface area (Å²) in [6.45, 7) is 0. The average molecular weight is 462 g/mol. The van der Waals surface area contributed by atoms with Crippen LogP contribution in [-0.2, 0) is 0 Å². The number of para-hydroxylation sites is 1. The molecule has 0 aromatic heterocycles. The molecule has 0 aliphatic rings. The van der Waals surface area contributed by atoms with Gasteiger partial charge in [0.2, 0.25) is 0 Å². The second-order valence-corrected chi connectivity index (χ2v) is 9.06. The van der Waals surface area contributed by atoms with Gasteiger partial charge in [0.25, 0.3) is 0 Å². The largest absolute Gasteiger partial charge is 0.344 e. The summed E-state index contributed by atoms with van der Waals surface area (Å²) in [5.74, 6) is 0. The van der Waals surface area contributed by atoms with Crippen LogP contribution in [0.3, 0.4) is 0 Å². The lowest BCUT2D eigenvalue weighted by molar-refractivity contribution is 1.21. The van der Waals surface area contributed by atoms with Gasteiger partial charge in [-0.05, 0) is 56.8 Å². The zero-order valence-electron chi connectivity index (χ0n) is 20.3. The van der Waals surface area contributed by atoms with Gasteiger partial charge in [0.15, 0.2) is 0 Å². The molecule has 0 amide bonds. The molecular formula is C35H27N. The van der Waals surface area contributed by atoms with E-state index in [4.69, 9.17) is 0 Å². The molecule has 0 bridgehead atoms. The van der Waals surface area contributed by atoms with Crippen LogP contribution >= 0.6 is 0 Å². The molecule has 0 atom stereocenters. The fraction of sp³-hybridized carbons (Fsp3) is 0.0286. The quantitative estimate of drug-likeness (QED) is 0.247. The van der Waals surface area contributed by atoms with E-state index in [1.807, 2.05) is 0 Å². The Bertz CT molecular complexity index is 1630. The Balaban J connectivity index is 1.52. The lowest BCUT2D eigenvalue weighted by atomic mass is 9.91. The molecule has 0 spiro atoms. The first-order valence-electron chi connectivity index (χ1n) is 12.4. The normalized spacial score (nSPS) is 10.9. The van der Waals surface area contributed by atoms with Gasteiger partial charge in [-0.2, -0.15) is 0 Å². The van der Waals surface area contributed by atoms with E-state index in [1.165, 1.54) is 49.8 Å². The summed E-state index contributed by atoms with van der Waals surface area (Å²) in [6, 6.07) is 52.0. The summed E-state index contributed by atoms with van der Waals surface area (Å²) < 4.78 is 0. The van der Waals surface area contributed by atoms with Crippen molar-refractivity contribution in [2.75, 3.05) is 11.9 Å². The van der Waals surface area contributed by atoms with Gasteiger partial charge in [-0.25, -0.2) is 0 Å². The second kappa shape index (κ2) is 9.56. The summed E-state index contributed by atoms with van der Waals surface area (Å²) in [5.41, 5.74) is 9.72. The summed E-state index contributed by atoms with van der Waals surface area (Å²) in [7, 11) is 2.16. The van der Waals surface area contributed by atoms with Crippen molar-refractivity contribution < 1.29 is 0 Å². The molecule has 0 saturated heterocycles. The van der Waals surface area contributed by atoms with Gasteiger partial charge < -0.3 is 4.90 Å². The fourth-order valence-electron chi connectivity index (χ4n) is 5.06. The van der Waals surface area contributed by atoms with Crippen molar-refractivity contribution in [3.63, 3.8) is 0 Å². The first-order chi connectivity index (χ1) is 17.8. The first-order valence-corrected chi connectivity index (χ1v) is 12.4. The summed E-state index contributed by atoms with van der Waals surface area (Å²) >= 11 is 0. The number of rotatable bonds is 5. The SMILES string of the molecule is CN(c1ccc(-c2cccc3ccccc23)c(-c2ccccc2)c1)c1ccccc1-c1ccccc1. The van der Waals surface area contributed by atoms with Crippen LogP contribution in [-0.4, -0.2) is 7.05 Å². The third-order valence-electron chi connectivity index (χ3n) is 6.91. The van der Waals surface area contributed by atoms with E-state index in [0.29, 0.717) is 0 Å². The first kappa shape index (κ1) is 21.9. The molecule has 1 nitrogen and oxygen atoms in total. The number of nitrogens with zero attached hydrogens (tertiary/aromatic N) is 1. The monoisotopic (exact) mass is 461 g/mol. The molecule has 36 heavy (non-hydrogen) atoms. The predicted octanol–water partition coefficient (Wildman–Crippen LogP) is 9.61. The maximum atomic E-state index is 2.33. The average Bonchev–Trinajstić information content (AvgIpc) is 2.97. The van der Waals surface area contributed by atoms with Gasteiger partial charge >= 0.3 is 0 Å². The van der Waals surface area contributed by atoms with Crippen molar-refractivity contribution in [2.45, 2.75) is 0 Å². The van der Waals surface area contributed by atoms with E-state index < -0.39 is 0 Å². The molecule has 0 aliphatic carbocycles. The molecule has 172 valence electrons. The maximum Gasteiger partial charge on any atom is 0.0487 e. The Morgan fingerprint density at radius 3 is 1.78 bits per heavy atom. The Labute approximate surface area is 212 Å². The minimum absolute atomic E-state index is 1.15. The van der Waals surface area contributed by atoms with Gasteiger partial charge in [0.1, 0.15) is 0 Å². The minimum atomic E-state index is 1.15. The Hall–Kier alpha value is -4.62. The standard InChI is InChI=1S/C35H27N/c1-36(35-22-11-10-20-31(35)27-13-4-2-5-14-27)29-23-24-33(34(25-29)28-15-6-3-7-16-28)32-21-12-18-26-17-8-9-19-30(26)32/h2-25H,1H3. The Kier molecular flexibility index (Phi) is 5.81. The second-order valence-electron chi connectivity index (χ2n) is 9.06. The van der Waals surface area contributed by atoms with Gasteiger partial charge in [-0.1, -0.05) is 127 Å². The highest BCUT2D eigenvalue weighted by Gasteiger charge is 2.15. The van der Waals surface area contributed by atoms with E-state index in [2.05, 4.69) is 158 Å². The molecule has 6 aromatic carbocycles. The van der Waals surface area contributed by atoms with Crippen molar-refractivity contribution in [1.82, 2.24) is 0 Å². The van der Waals surface area contributed by atoms with Crippen LogP contribution in [0.1, 0.15) is 0 Å². The van der Waals surface area contributed by atoms with Crippen molar-refractivity contribution in [2.24, 2.45) is 0 Å². The fourth-order valence-corrected chi connectivity index (χ4v) is 5.06. The third kappa shape index (κ3) is 4.06. The van der Waals surface area contributed by atoms with E-state index in [1.54, 1.807) is 0 Å². The molecule has 6 aromatic rings. The molecule has 0 N–H and O–H groups in total. The zero-order chi connectivity index (χ0) is 24.3. The van der Waals surface area contributed by atoms with Crippen molar-refractivity contribution in [1.29, 1.82) is 0 Å². The van der Waals surface area contributed by atoms with Gasteiger partial charge in [-0.15, -0.1) is 0 Å². The Morgan fingerprint density at radius 2 is 1.00 bits per heavy atom. The zero-order valence-corrected chi connectivity index (χ0v) is 20.3. The molecule has 0 saturated carbocycles. The molecular weight excluding hydrogens is 434 g/mol. The highest BCUT2D eigenvalue weighted by atomic mass is 15.1. The molecule has 0 heterocycles. The summed E-state index contributed by atoms with van der Waals surface area (Å²) in [4.78, 5) is 2.29. The van der Waals surface area contributed by atoms with Crippen LogP contribution in [0.4, 0.5) is 11.4 Å². The highest BCUT2D eigenvalue weighted by molar-refractivity contribution is 6.01. The van der Waals surface area contributed by atoms with E-state index in [-0.39, 0.29) is 0 Å². The summed E-state index contributed by atoms with van der Waals surface area (Å²) in [5, 5.41) is 2.53. The highest BCUT2D eigenvalue weighted by Crippen LogP contribution is 2.40. The number of hydrogen-bond acceptors (Lipinski definition) is 1. The lowest BCUT2D eigenvalue weighted by Gasteiger charge is -2.25. The van der Waals surface area contributed by atoms with Crippen molar-refractivity contribution in [3.05, 3.63) is 146 Å². The van der Waals surface area contributed by atoms with E-state index >= 15 is 0 Å². The summed E-state index contributed by atoms with van der Waals surface area (Å²) in [6.07, 6.45) is 0. The smallest absolute Gasteiger partial charge is 0.0487 e. The molecule has 6 rings (SSSR count). The third-order valence-corrected chi connectivity index (χ3v) is 6.91. The van der Waals surface area contributed by atoms with Crippen LogP contribution in [0.25, 0.3) is 44.2 Å². The maximum absolute atomic E-state index is 2.33. The predicted molar refractivity (Wildman–Crippen MR) is 155 cm³/mol. The lowest BCUT2D eigenvalue weighted by Crippen LogP contribution is -2.11. The Morgan fingerprint density at radius 1 is 0.417 bits per heavy atom. The minimum Gasteiger partial charge on any atom is -0.344 e. The van der Waals surface area contributed by atoms with Crippen LogP contribution in [0.2, 0.25) is 0 Å². The van der Waals surface area contributed by atoms with Crippen molar-refractivity contribution in [3.8, 4) is 33.4 Å². The molecule has 0 fully saturated rings. The van der Waals surface area contributed by atoms with Crippen LogP contribution < -0.4 is 4.90 Å². The van der Waals surface area contributed by atoms with E-state index in [0.717, 1.165) is 5.69 Å². The topological polar surface area (TPSA) is 3.24 Å². The molecule has 0 aliphatic heterocycles. The van der Waals surface area contributed by atoms with E-state index in [9.17, 15) is 0 Å². The number of fused-ring (bicyclic) bond motifs is 1. The van der Waals surface area contributed by atoms with Crippen LogP contribution in [0.15, 0.2) is 146 Å². The molecule has 1 heteroatoms. The van der Waals surface area contributed by atoms with Gasteiger partial charge in [0, 0.05) is 24.0 Å². The number of hydrogen-bond donors (Lipinski definition) is 0. The molecule has 0 radical (unpaired) electrons. The van der Waals surface area contributed by atoms with Crippen LogP contribution in [0, 0.1) is 0 Å². The van der Waals surface area contributed by atoms with Gasteiger partial charge in [-0.3, -0.25) is 0 Å². The van der Waals surface area contributed by atoms with Gasteiger partial charge in [0.05, 0.1) is 0 Å². The van der Waals surface area contributed by atoms with Crippen molar-refractivity contribution >= 4 is 22.1 Å². The molecule has 0 unspecified atom stereocenters. The van der Waals surface area contributed by atoms with Crippen LogP contribution in [0.5, 0.6) is 0 Å². The number of benzene rings is 6.